The van der Waals surface area contributed by atoms with Crippen molar-refractivity contribution < 1.29 is 0 Å². The van der Waals surface area contributed by atoms with Gasteiger partial charge in [-0.2, -0.15) is 0 Å². The predicted octanol–water partition coefficient (Wildman–Crippen LogP) is 6.25. The Hall–Kier alpha value is -2.86. The molecule has 1 aliphatic heterocycles. The molecule has 1 N–H and O–H groups in total. The molecule has 2 aromatic heterocycles. The second-order valence-corrected chi connectivity index (χ2v) is 10.3. The predicted molar refractivity (Wildman–Crippen MR) is 145 cm³/mol. The third-order valence-corrected chi connectivity index (χ3v) is 7.84. The molecule has 0 unspecified atom stereocenters. The lowest BCUT2D eigenvalue weighted by Gasteiger charge is -2.30. The van der Waals surface area contributed by atoms with Gasteiger partial charge in [-0.15, -0.1) is 0 Å². The summed E-state index contributed by atoms with van der Waals surface area (Å²) in [4.78, 5) is 9.14. The summed E-state index contributed by atoms with van der Waals surface area (Å²) in [7, 11) is 4.13. The molecule has 0 radical (unpaired) electrons. The molecule has 1 saturated carbocycles. The van der Waals surface area contributed by atoms with E-state index in [1.807, 2.05) is 12.3 Å². The van der Waals surface area contributed by atoms with E-state index in [1.165, 1.54) is 54.7 Å². The van der Waals surface area contributed by atoms with Crippen LogP contribution in [0.1, 0.15) is 72.9 Å². The Morgan fingerprint density at radius 1 is 1.00 bits per heavy atom. The van der Waals surface area contributed by atoms with Crippen LogP contribution >= 0.6 is 12.2 Å². The van der Waals surface area contributed by atoms with Crippen LogP contribution in [0, 0.1) is 13.8 Å². The fourth-order valence-corrected chi connectivity index (χ4v) is 6.21. The Kier molecular flexibility index (Phi) is 6.34. The first-order valence-electron chi connectivity index (χ1n) is 12.4. The average Bonchev–Trinajstić information content (AvgIpc) is 3.35. The van der Waals surface area contributed by atoms with Crippen LogP contribution < -0.4 is 15.1 Å². The fraction of sp³-hybridized carbons (Fsp3) is 0.429. The zero-order valence-corrected chi connectivity index (χ0v) is 21.5. The molecule has 2 atom stereocenters. The van der Waals surface area contributed by atoms with E-state index < -0.39 is 0 Å². The minimum Gasteiger partial charge on any atom is -0.378 e. The fourth-order valence-electron chi connectivity index (χ4n) is 5.86. The summed E-state index contributed by atoms with van der Waals surface area (Å²) in [5.41, 5.74) is 7.34. The highest BCUT2D eigenvalue weighted by Gasteiger charge is 2.42. The first kappa shape index (κ1) is 22.9. The van der Waals surface area contributed by atoms with Gasteiger partial charge in [0.25, 0.3) is 0 Å². The number of nitrogens with one attached hydrogen (secondary N) is 1. The average molecular weight is 474 g/mol. The maximum absolute atomic E-state index is 5.94. The van der Waals surface area contributed by atoms with Gasteiger partial charge in [-0.3, -0.25) is 4.98 Å². The SMILES string of the molecule is Cc1cc([C@@H]2[C@H](c3ccccn3)NC(=S)N2c2ccc(N(C)C)cc2)c(C)n1C1CCCCC1. The number of benzene rings is 1. The lowest BCUT2D eigenvalue weighted by atomic mass is 9.94. The van der Waals surface area contributed by atoms with E-state index in [2.05, 4.69) is 90.1 Å². The van der Waals surface area contributed by atoms with Crippen LogP contribution in [0.2, 0.25) is 0 Å². The van der Waals surface area contributed by atoms with Crippen molar-refractivity contribution in [3.05, 3.63) is 77.4 Å². The molecule has 6 heteroatoms. The van der Waals surface area contributed by atoms with Crippen molar-refractivity contribution in [2.75, 3.05) is 23.9 Å². The van der Waals surface area contributed by atoms with Crippen molar-refractivity contribution in [2.45, 2.75) is 64.1 Å². The van der Waals surface area contributed by atoms with E-state index >= 15 is 0 Å². The summed E-state index contributed by atoms with van der Waals surface area (Å²) in [6.07, 6.45) is 8.44. The monoisotopic (exact) mass is 473 g/mol. The van der Waals surface area contributed by atoms with Gasteiger partial charge in [0.05, 0.1) is 17.8 Å². The zero-order valence-electron chi connectivity index (χ0n) is 20.7. The molecule has 1 saturated heterocycles. The maximum Gasteiger partial charge on any atom is 0.174 e. The van der Waals surface area contributed by atoms with E-state index in [1.54, 1.807) is 0 Å². The first-order valence-corrected chi connectivity index (χ1v) is 12.8. The molecule has 1 aliphatic carbocycles. The molecule has 1 aromatic carbocycles. The Bertz CT molecular complexity index is 1150. The maximum atomic E-state index is 5.94. The van der Waals surface area contributed by atoms with E-state index in [9.17, 15) is 0 Å². The molecular formula is C28H35N5S. The molecule has 3 heterocycles. The van der Waals surface area contributed by atoms with Gasteiger partial charge in [-0.1, -0.05) is 25.3 Å². The summed E-state index contributed by atoms with van der Waals surface area (Å²) in [5, 5.41) is 4.37. The highest BCUT2D eigenvalue weighted by atomic mass is 32.1. The van der Waals surface area contributed by atoms with Gasteiger partial charge in [0, 0.05) is 49.1 Å². The summed E-state index contributed by atoms with van der Waals surface area (Å²) < 4.78 is 2.60. The third-order valence-electron chi connectivity index (χ3n) is 7.52. The zero-order chi connectivity index (χ0) is 23.8. The number of nitrogens with zero attached hydrogens (tertiary/aromatic N) is 4. The van der Waals surface area contributed by atoms with Crippen LogP contribution in [0.25, 0.3) is 0 Å². The highest BCUT2D eigenvalue weighted by molar-refractivity contribution is 7.80. The number of rotatable bonds is 5. The number of anilines is 2. The van der Waals surface area contributed by atoms with E-state index in [-0.39, 0.29) is 12.1 Å². The standard InChI is InChI=1S/C28H35N5S/c1-19-18-24(20(2)32(19)22-10-6-5-7-11-22)27-26(25-12-8-9-17-29-25)30-28(34)33(27)23-15-13-21(14-16-23)31(3)4/h8-9,12-18,22,26-27H,5-7,10-11H2,1-4H3,(H,30,34)/t26-,27+/m0/s1. The van der Waals surface area contributed by atoms with Crippen LogP contribution in [0.3, 0.4) is 0 Å². The van der Waals surface area contributed by atoms with Crippen molar-refractivity contribution in [2.24, 2.45) is 0 Å². The Morgan fingerprint density at radius 2 is 1.74 bits per heavy atom. The molecule has 3 aromatic rings. The van der Waals surface area contributed by atoms with Crippen molar-refractivity contribution >= 4 is 28.7 Å². The van der Waals surface area contributed by atoms with Crippen LogP contribution in [0.15, 0.2) is 54.7 Å². The van der Waals surface area contributed by atoms with E-state index in [0.29, 0.717) is 6.04 Å². The van der Waals surface area contributed by atoms with Crippen LogP contribution in [-0.2, 0) is 0 Å². The van der Waals surface area contributed by atoms with Gasteiger partial charge in [0.2, 0.25) is 0 Å². The van der Waals surface area contributed by atoms with E-state index in [0.717, 1.165) is 16.5 Å². The Morgan fingerprint density at radius 3 is 2.38 bits per heavy atom. The molecule has 2 fully saturated rings. The van der Waals surface area contributed by atoms with Crippen LogP contribution in [0.5, 0.6) is 0 Å². The number of hydrogen-bond donors (Lipinski definition) is 1. The molecule has 0 bridgehead atoms. The van der Waals surface area contributed by atoms with Crippen molar-refractivity contribution in [3.8, 4) is 0 Å². The van der Waals surface area contributed by atoms with Gasteiger partial charge in [0.15, 0.2) is 5.11 Å². The van der Waals surface area contributed by atoms with Gasteiger partial charge < -0.3 is 19.7 Å². The molecule has 2 aliphatic rings. The molecule has 178 valence electrons. The lowest BCUT2D eigenvalue weighted by Crippen LogP contribution is -2.29. The minimum atomic E-state index is -0.0115. The number of hydrogen-bond acceptors (Lipinski definition) is 3. The molecular weight excluding hydrogens is 438 g/mol. The van der Waals surface area contributed by atoms with Crippen LogP contribution in [0.4, 0.5) is 11.4 Å². The van der Waals surface area contributed by atoms with Crippen molar-refractivity contribution in [3.63, 3.8) is 0 Å². The number of aryl methyl sites for hydroxylation is 1. The Balaban J connectivity index is 1.61. The van der Waals surface area contributed by atoms with Gasteiger partial charge in [-0.05, 0) is 86.9 Å². The van der Waals surface area contributed by atoms with Crippen molar-refractivity contribution in [1.29, 1.82) is 0 Å². The topological polar surface area (TPSA) is 36.3 Å². The molecule has 0 spiro atoms. The highest BCUT2D eigenvalue weighted by Crippen LogP contribution is 2.44. The molecule has 5 nitrogen and oxygen atoms in total. The minimum absolute atomic E-state index is 0.0115. The molecule has 34 heavy (non-hydrogen) atoms. The number of thiocarbonyl (C=S) groups is 1. The molecule has 5 rings (SSSR count). The summed E-state index contributed by atoms with van der Waals surface area (Å²) in [6, 6.07) is 17.8. The number of pyridine rings is 1. The van der Waals surface area contributed by atoms with Gasteiger partial charge in [0.1, 0.15) is 0 Å². The summed E-state index contributed by atoms with van der Waals surface area (Å²) in [5.74, 6) is 0. The second kappa shape index (κ2) is 9.41. The van der Waals surface area contributed by atoms with E-state index in [4.69, 9.17) is 17.2 Å². The quantitative estimate of drug-likeness (QED) is 0.443. The lowest BCUT2D eigenvalue weighted by molar-refractivity contribution is 0.345. The van der Waals surface area contributed by atoms with Gasteiger partial charge >= 0.3 is 0 Å². The van der Waals surface area contributed by atoms with Crippen LogP contribution in [-0.4, -0.2) is 28.8 Å². The third kappa shape index (κ3) is 4.09. The summed E-state index contributed by atoms with van der Waals surface area (Å²) >= 11 is 5.94. The normalized spacial score (nSPS) is 21.1. The van der Waals surface area contributed by atoms with Crippen molar-refractivity contribution in [1.82, 2.24) is 14.9 Å². The largest absolute Gasteiger partial charge is 0.378 e. The smallest absolute Gasteiger partial charge is 0.174 e. The number of aromatic nitrogens is 2. The summed E-state index contributed by atoms with van der Waals surface area (Å²) in [6.45, 7) is 4.55. The first-order chi connectivity index (χ1) is 16.5. The van der Waals surface area contributed by atoms with Gasteiger partial charge in [-0.25, -0.2) is 0 Å². The second-order valence-electron chi connectivity index (χ2n) is 9.90. The molecule has 0 amide bonds. The Labute approximate surface area is 208 Å².